The monoisotopic (exact) mass is 291 g/mol. The van der Waals surface area contributed by atoms with Gasteiger partial charge in [-0.1, -0.05) is 31.6 Å². The van der Waals surface area contributed by atoms with Crippen molar-refractivity contribution >= 4 is 23.1 Å². The predicted octanol–water partition coefficient (Wildman–Crippen LogP) is 2.25. The number of likely N-dealkylation sites (tertiary alicyclic amines) is 1. The van der Waals surface area contributed by atoms with Crippen molar-refractivity contribution in [2.75, 3.05) is 6.54 Å². The summed E-state index contributed by atoms with van der Waals surface area (Å²) in [7, 11) is 0. The highest BCUT2D eigenvalue weighted by Crippen LogP contribution is 2.22. The average molecular weight is 291 g/mol. The molecule has 0 spiro atoms. The molecule has 0 radical (unpaired) electrons. The molecule has 1 aromatic rings. The molecule has 0 aromatic carbocycles. The second-order valence-corrected chi connectivity index (χ2v) is 5.73. The summed E-state index contributed by atoms with van der Waals surface area (Å²) in [6.45, 7) is 3.55. The van der Waals surface area contributed by atoms with Crippen LogP contribution in [0.1, 0.15) is 43.9 Å². The van der Waals surface area contributed by atoms with Crippen LogP contribution in [-0.2, 0) is 11.3 Å². The number of thiocarbonyl (C=S) groups is 1. The lowest BCUT2D eigenvalue weighted by Gasteiger charge is -2.22. The van der Waals surface area contributed by atoms with Crippen molar-refractivity contribution in [2.45, 2.75) is 39.2 Å². The summed E-state index contributed by atoms with van der Waals surface area (Å²) >= 11 is 5.02. The SMILES string of the molecule is CCC1CCC(=O)N(Cc2cccnc2C(N)=S)CC1. The number of pyridine rings is 1. The fourth-order valence-corrected chi connectivity index (χ4v) is 2.85. The Morgan fingerprint density at radius 2 is 2.35 bits per heavy atom. The molecule has 0 aliphatic carbocycles. The van der Waals surface area contributed by atoms with E-state index in [4.69, 9.17) is 18.0 Å². The van der Waals surface area contributed by atoms with Gasteiger partial charge < -0.3 is 10.6 Å². The van der Waals surface area contributed by atoms with Gasteiger partial charge in [0.1, 0.15) is 10.7 Å². The first-order valence-electron chi connectivity index (χ1n) is 7.13. The molecule has 1 unspecified atom stereocenters. The molecular weight excluding hydrogens is 270 g/mol. The Balaban J connectivity index is 2.13. The highest BCUT2D eigenvalue weighted by molar-refractivity contribution is 7.80. The summed E-state index contributed by atoms with van der Waals surface area (Å²) in [5.74, 6) is 0.881. The van der Waals surface area contributed by atoms with E-state index in [-0.39, 0.29) is 10.9 Å². The second-order valence-electron chi connectivity index (χ2n) is 5.29. The minimum Gasteiger partial charge on any atom is -0.388 e. The zero-order chi connectivity index (χ0) is 14.5. The third kappa shape index (κ3) is 3.54. The Morgan fingerprint density at radius 3 is 3.05 bits per heavy atom. The Morgan fingerprint density at radius 1 is 1.55 bits per heavy atom. The lowest BCUT2D eigenvalue weighted by molar-refractivity contribution is -0.131. The quantitative estimate of drug-likeness (QED) is 0.864. The highest BCUT2D eigenvalue weighted by Gasteiger charge is 2.22. The molecule has 108 valence electrons. The van der Waals surface area contributed by atoms with Crippen molar-refractivity contribution in [1.82, 2.24) is 9.88 Å². The number of hydrogen-bond donors (Lipinski definition) is 1. The maximum Gasteiger partial charge on any atom is 0.222 e. The highest BCUT2D eigenvalue weighted by atomic mass is 32.1. The molecule has 0 saturated carbocycles. The molecule has 1 fully saturated rings. The smallest absolute Gasteiger partial charge is 0.222 e. The van der Waals surface area contributed by atoms with Crippen LogP contribution in [0, 0.1) is 5.92 Å². The van der Waals surface area contributed by atoms with Gasteiger partial charge in [-0.2, -0.15) is 0 Å². The zero-order valence-corrected chi connectivity index (χ0v) is 12.7. The summed E-state index contributed by atoms with van der Waals surface area (Å²) < 4.78 is 0. The predicted molar refractivity (Wildman–Crippen MR) is 83.2 cm³/mol. The molecule has 1 saturated heterocycles. The van der Waals surface area contributed by atoms with Gasteiger partial charge in [0, 0.05) is 31.3 Å². The molecule has 1 atom stereocenters. The summed E-state index contributed by atoms with van der Waals surface area (Å²) in [6, 6.07) is 3.80. The third-order valence-corrected chi connectivity index (χ3v) is 4.18. The number of carbonyl (C=O) groups excluding carboxylic acids is 1. The molecule has 4 nitrogen and oxygen atoms in total. The number of hydrogen-bond acceptors (Lipinski definition) is 3. The molecule has 5 heteroatoms. The van der Waals surface area contributed by atoms with Crippen LogP contribution < -0.4 is 5.73 Å². The van der Waals surface area contributed by atoms with Gasteiger partial charge >= 0.3 is 0 Å². The minimum atomic E-state index is 0.221. The molecule has 1 aliphatic heterocycles. The van der Waals surface area contributed by atoms with Crippen molar-refractivity contribution in [3.8, 4) is 0 Å². The molecule has 1 aromatic heterocycles. The maximum atomic E-state index is 12.2. The molecule has 2 N–H and O–H groups in total. The fourth-order valence-electron chi connectivity index (χ4n) is 2.66. The number of nitrogens with zero attached hydrogens (tertiary/aromatic N) is 2. The van der Waals surface area contributed by atoms with Gasteiger partial charge in [0.05, 0.1) is 0 Å². The van der Waals surface area contributed by atoms with E-state index in [9.17, 15) is 4.79 Å². The van der Waals surface area contributed by atoms with Crippen LogP contribution in [0.4, 0.5) is 0 Å². The van der Waals surface area contributed by atoms with Crippen LogP contribution in [-0.4, -0.2) is 27.3 Å². The van der Waals surface area contributed by atoms with Crippen LogP contribution in [0.2, 0.25) is 0 Å². The van der Waals surface area contributed by atoms with E-state index >= 15 is 0 Å². The summed E-state index contributed by atoms with van der Waals surface area (Å²) in [4.78, 5) is 18.6. The number of carbonyl (C=O) groups is 1. The van der Waals surface area contributed by atoms with Crippen LogP contribution in [0.15, 0.2) is 18.3 Å². The van der Waals surface area contributed by atoms with Gasteiger partial charge in [-0.05, 0) is 24.8 Å². The maximum absolute atomic E-state index is 12.2. The standard InChI is InChI=1S/C15H21N3OS/c1-2-11-5-6-13(19)18(9-7-11)10-12-4-3-8-17-14(12)15(16)20/h3-4,8,11H,2,5-7,9-10H2,1H3,(H2,16,20). The summed E-state index contributed by atoms with van der Waals surface area (Å²) in [6.07, 6.45) is 5.54. The first-order valence-corrected chi connectivity index (χ1v) is 7.54. The topological polar surface area (TPSA) is 59.2 Å². The summed E-state index contributed by atoms with van der Waals surface area (Å²) in [5, 5.41) is 0. The van der Waals surface area contributed by atoms with Crippen molar-refractivity contribution in [1.29, 1.82) is 0 Å². The van der Waals surface area contributed by atoms with Gasteiger partial charge in [-0.3, -0.25) is 9.78 Å². The molecule has 2 heterocycles. The normalized spacial score (nSPS) is 19.8. The van der Waals surface area contributed by atoms with Crippen molar-refractivity contribution in [2.24, 2.45) is 11.7 Å². The Kier molecular flexibility index (Phi) is 5.06. The van der Waals surface area contributed by atoms with E-state index in [1.54, 1.807) is 6.20 Å². The van der Waals surface area contributed by atoms with Crippen molar-refractivity contribution in [3.05, 3.63) is 29.6 Å². The van der Waals surface area contributed by atoms with Gasteiger partial charge in [-0.15, -0.1) is 0 Å². The van der Waals surface area contributed by atoms with Crippen molar-refractivity contribution < 1.29 is 4.79 Å². The van der Waals surface area contributed by atoms with Gasteiger partial charge in [0.2, 0.25) is 5.91 Å². The second kappa shape index (κ2) is 6.79. The fraction of sp³-hybridized carbons (Fsp3) is 0.533. The van der Waals surface area contributed by atoms with E-state index in [2.05, 4.69) is 11.9 Å². The number of rotatable bonds is 4. The van der Waals surface area contributed by atoms with E-state index in [0.29, 0.717) is 24.6 Å². The average Bonchev–Trinajstić information content (AvgIpc) is 2.62. The number of nitrogens with two attached hydrogens (primary N) is 1. The Bertz CT molecular complexity index is 504. The van der Waals surface area contributed by atoms with Crippen LogP contribution in [0.25, 0.3) is 0 Å². The van der Waals surface area contributed by atoms with Gasteiger partial charge in [-0.25, -0.2) is 0 Å². The van der Waals surface area contributed by atoms with Crippen LogP contribution >= 0.6 is 12.2 Å². The van der Waals surface area contributed by atoms with E-state index in [1.165, 1.54) is 0 Å². The molecule has 0 bridgehead atoms. The van der Waals surface area contributed by atoms with Gasteiger partial charge in [0.25, 0.3) is 0 Å². The van der Waals surface area contributed by atoms with Crippen LogP contribution in [0.3, 0.4) is 0 Å². The number of aromatic nitrogens is 1. The Hall–Kier alpha value is -1.49. The van der Waals surface area contributed by atoms with E-state index in [0.717, 1.165) is 31.4 Å². The Labute approximate surface area is 125 Å². The van der Waals surface area contributed by atoms with Gasteiger partial charge in [0.15, 0.2) is 0 Å². The largest absolute Gasteiger partial charge is 0.388 e. The minimum absolute atomic E-state index is 0.221. The van der Waals surface area contributed by atoms with Crippen molar-refractivity contribution in [3.63, 3.8) is 0 Å². The number of amides is 1. The zero-order valence-electron chi connectivity index (χ0n) is 11.8. The van der Waals surface area contributed by atoms with E-state index in [1.807, 2.05) is 17.0 Å². The molecule has 2 rings (SSSR count). The molecule has 1 aliphatic rings. The molecule has 20 heavy (non-hydrogen) atoms. The van der Waals surface area contributed by atoms with Crippen LogP contribution in [0.5, 0.6) is 0 Å². The summed E-state index contributed by atoms with van der Waals surface area (Å²) in [5.41, 5.74) is 7.26. The molecule has 1 amide bonds. The lowest BCUT2D eigenvalue weighted by Crippen LogP contribution is -2.31. The first kappa shape index (κ1) is 14.9. The van der Waals surface area contributed by atoms with E-state index < -0.39 is 0 Å². The first-order chi connectivity index (χ1) is 9.61. The third-order valence-electron chi connectivity index (χ3n) is 3.99. The molecular formula is C15H21N3OS. The lowest BCUT2D eigenvalue weighted by atomic mass is 9.98.